The molecule has 2 aliphatic rings. The fraction of sp³-hybridized carbons (Fsp3) is 0.583. The van der Waals surface area contributed by atoms with E-state index in [1.54, 1.807) is 0 Å². The summed E-state index contributed by atoms with van der Waals surface area (Å²) in [5.41, 5.74) is 0. The van der Waals surface area contributed by atoms with Crippen LogP contribution >= 0.6 is 0 Å². The number of aromatic nitrogens is 1. The number of nitrogens with zero attached hydrogens (tertiary/aromatic N) is 3. The van der Waals surface area contributed by atoms with Gasteiger partial charge in [-0.15, -0.1) is 0 Å². The first-order chi connectivity index (χ1) is 7.33. The fourth-order valence-corrected chi connectivity index (χ4v) is 2.96. The van der Waals surface area contributed by atoms with Crippen LogP contribution < -0.4 is 4.90 Å². The monoisotopic (exact) mass is 203 g/mol. The Balaban J connectivity index is 1.73. The number of likely N-dealkylation sites (tertiary alicyclic amines) is 1. The van der Waals surface area contributed by atoms with Crippen LogP contribution in [0.3, 0.4) is 0 Å². The van der Waals surface area contributed by atoms with E-state index in [-0.39, 0.29) is 0 Å². The van der Waals surface area contributed by atoms with Crippen LogP contribution in [0.25, 0.3) is 0 Å². The van der Waals surface area contributed by atoms with E-state index in [2.05, 4.69) is 34.0 Å². The maximum absolute atomic E-state index is 4.42. The first-order valence-corrected chi connectivity index (χ1v) is 5.67. The molecule has 2 saturated heterocycles. The van der Waals surface area contributed by atoms with E-state index in [9.17, 15) is 0 Å². The van der Waals surface area contributed by atoms with Gasteiger partial charge in [0, 0.05) is 32.4 Å². The molecule has 2 aliphatic heterocycles. The van der Waals surface area contributed by atoms with Gasteiger partial charge in [0.25, 0.3) is 0 Å². The molecule has 3 nitrogen and oxygen atoms in total. The Morgan fingerprint density at radius 1 is 1.13 bits per heavy atom. The highest BCUT2D eigenvalue weighted by atomic mass is 15.3. The molecule has 0 N–H and O–H groups in total. The van der Waals surface area contributed by atoms with Crippen molar-refractivity contribution in [3.8, 4) is 0 Å². The number of anilines is 1. The van der Waals surface area contributed by atoms with Gasteiger partial charge in [-0.1, -0.05) is 6.07 Å². The molecule has 1 aromatic heterocycles. The Morgan fingerprint density at radius 2 is 1.87 bits per heavy atom. The van der Waals surface area contributed by atoms with Gasteiger partial charge in [-0.2, -0.15) is 0 Å². The van der Waals surface area contributed by atoms with Crippen molar-refractivity contribution in [2.45, 2.75) is 0 Å². The summed E-state index contributed by atoms with van der Waals surface area (Å²) in [5.74, 6) is 2.86. The van der Waals surface area contributed by atoms with Crippen LogP contribution in [0.2, 0.25) is 0 Å². The van der Waals surface area contributed by atoms with Gasteiger partial charge >= 0.3 is 0 Å². The minimum absolute atomic E-state index is 0.858. The molecule has 3 rings (SSSR count). The van der Waals surface area contributed by atoms with E-state index < -0.39 is 0 Å². The van der Waals surface area contributed by atoms with Crippen molar-refractivity contribution in [2.24, 2.45) is 11.8 Å². The third-order valence-corrected chi connectivity index (χ3v) is 3.64. The smallest absolute Gasteiger partial charge is 0.128 e. The van der Waals surface area contributed by atoms with Crippen LogP contribution in [0.15, 0.2) is 24.4 Å². The van der Waals surface area contributed by atoms with E-state index in [0.717, 1.165) is 17.7 Å². The number of pyridine rings is 1. The standard InChI is InChI=1S/C12H17N3/c1-14-6-10-8-15(9-11(10)7-14)12-4-2-3-5-13-12/h2-5,10-11H,6-9H2,1H3. The molecule has 0 radical (unpaired) electrons. The highest BCUT2D eigenvalue weighted by Gasteiger charge is 2.38. The molecule has 0 saturated carbocycles. The van der Waals surface area contributed by atoms with Crippen LogP contribution in [0.4, 0.5) is 5.82 Å². The molecule has 3 heteroatoms. The average Bonchev–Trinajstić information content (AvgIpc) is 2.76. The fourth-order valence-electron chi connectivity index (χ4n) is 2.96. The second-order valence-electron chi connectivity index (χ2n) is 4.83. The van der Waals surface area contributed by atoms with Gasteiger partial charge in [-0.05, 0) is 31.0 Å². The first kappa shape index (κ1) is 9.16. The number of fused-ring (bicyclic) bond motifs is 1. The van der Waals surface area contributed by atoms with Crippen molar-refractivity contribution in [2.75, 3.05) is 38.1 Å². The van der Waals surface area contributed by atoms with Gasteiger partial charge < -0.3 is 9.80 Å². The Morgan fingerprint density at radius 3 is 2.47 bits per heavy atom. The number of hydrogen-bond donors (Lipinski definition) is 0. The molecule has 15 heavy (non-hydrogen) atoms. The normalized spacial score (nSPS) is 30.9. The van der Waals surface area contributed by atoms with E-state index >= 15 is 0 Å². The van der Waals surface area contributed by atoms with Crippen LogP contribution in [-0.4, -0.2) is 43.1 Å². The SMILES string of the molecule is CN1CC2CN(c3ccccn3)CC2C1. The summed E-state index contributed by atoms with van der Waals surface area (Å²) in [6.45, 7) is 4.89. The van der Waals surface area contributed by atoms with Crippen molar-refractivity contribution in [1.82, 2.24) is 9.88 Å². The van der Waals surface area contributed by atoms with E-state index in [4.69, 9.17) is 0 Å². The predicted octanol–water partition coefficient (Wildman–Crippen LogP) is 1.08. The van der Waals surface area contributed by atoms with Gasteiger partial charge in [-0.25, -0.2) is 4.98 Å². The van der Waals surface area contributed by atoms with Gasteiger partial charge in [0.1, 0.15) is 5.82 Å². The zero-order chi connectivity index (χ0) is 10.3. The van der Waals surface area contributed by atoms with Crippen molar-refractivity contribution in [3.63, 3.8) is 0 Å². The summed E-state index contributed by atoms with van der Waals surface area (Å²) in [6, 6.07) is 6.17. The van der Waals surface area contributed by atoms with E-state index in [1.807, 2.05) is 12.3 Å². The number of hydrogen-bond acceptors (Lipinski definition) is 3. The van der Waals surface area contributed by atoms with Gasteiger partial charge in [0.05, 0.1) is 0 Å². The van der Waals surface area contributed by atoms with Crippen molar-refractivity contribution in [3.05, 3.63) is 24.4 Å². The lowest BCUT2D eigenvalue weighted by molar-refractivity contribution is 0.387. The largest absolute Gasteiger partial charge is 0.356 e. The summed E-state index contributed by atoms with van der Waals surface area (Å²) >= 11 is 0. The predicted molar refractivity (Wildman–Crippen MR) is 60.9 cm³/mol. The van der Waals surface area contributed by atoms with Crippen LogP contribution in [0.5, 0.6) is 0 Å². The molecule has 2 fully saturated rings. The van der Waals surface area contributed by atoms with Crippen molar-refractivity contribution >= 4 is 5.82 Å². The minimum Gasteiger partial charge on any atom is -0.356 e. The summed E-state index contributed by atoms with van der Waals surface area (Å²) < 4.78 is 0. The Hall–Kier alpha value is -1.09. The summed E-state index contributed by atoms with van der Waals surface area (Å²) in [6.07, 6.45) is 1.88. The molecule has 3 heterocycles. The molecule has 0 aromatic carbocycles. The number of rotatable bonds is 1. The van der Waals surface area contributed by atoms with Crippen molar-refractivity contribution < 1.29 is 0 Å². The molecule has 0 amide bonds. The molecule has 0 spiro atoms. The Kier molecular flexibility index (Phi) is 2.13. The topological polar surface area (TPSA) is 19.4 Å². The van der Waals surface area contributed by atoms with E-state index in [1.165, 1.54) is 26.2 Å². The van der Waals surface area contributed by atoms with Gasteiger partial charge in [-0.3, -0.25) is 0 Å². The summed E-state index contributed by atoms with van der Waals surface area (Å²) in [7, 11) is 2.23. The third kappa shape index (κ3) is 1.61. The van der Waals surface area contributed by atoms with Crippen LogP contribution in [-0.2, 0) is 0 Å². The second kappa shape index (κ2) is 3.49. The maximum Gasteiger partial charge on any atom is 0.128 e. The highest BCUT2D eigenvalue weighted by Crippen LogP contribution is 2.32. The zero-order valence-electron chi connectivity index (χ0n) is 9.13. The van der Waals surface area contributed by atoms with E-state index in [0.29, 0.717) is 0 Å². The third-order valence-electron chi connectivity index (χ3n) is 3.64. The first-order valence-electron chi connectivity index (χ1n) is 5.67. The molecular weight excluding hydrogens is 186 g/mol. The van der Waals surface area contributed by atoms with Crippen molar-refractivity contribution in [1.29, 1.82) is 0 Å². The van der Waals surface area contributed by atoms with Crippen LogP contribution in [0, 0.1) is 11.8 Å². The van der Waals surface area contributed by atoms with Gasteiger partial charge in [0.2, 0.25) is 0 Å². The quantitative estimate of drug-likeness (QED) is 0.681. The molecule has 80 valence electrons. The Bertz CT molecular complexity index is 324. The maximum atomic E-state index is 4.42. The molecule has 2 unspecified atom stereocenters. The summed E-state index contributed by atoms with van der Waals surface area (Å²) in [5, 5.41) is 0. The molecule has 1 aromatic rings. The Labute approximate surface area is 90.7 Å². The molecule has 0 aliphatic carbocycles. The average molecular weight is 203 g/mol. The lowest BCUT2D eigenvalue weighted by Crippen LogP contribution is -2.27. The minimum atomic E-state index is 0.858. The lowest BCUT2D eigenvalue weighted by atomic mass is 10.0. The molecule has 2 atom stereocenters. The summed E-state index contributed by atoms with van der Waals surface area (Å²) in [4.78, 5) is 9.30. The zero-order valence-corrected chi connectivity index (χ0v) is 9.13. The van der Waals surface area contributed by atoms with Crippen LogP contribution in [0.1, 0.15) is 0 Å². The second-order valence-corrected chi connectivity index (χ2v) is 4.83. The lowest BCUT2D eigenvalue weighted by Gasteiger charge is -2.19. The molecule has 0 bridgehead atoms. The van der Waals surface area contributed by atoms with Gasteiger partial charge in [0.15, 0.2) is 0 Å². The highest BCUT2D eigenvalue weighted by molar-refractivity contribution is 5.39. The molecular formula is C12H17N3.